The van der Waals surface area contributed by atoms with Crippen LogP contribution < -0.4 is 10.6 Å². The minimum atomic E-state index is -0.0985. The minimum absolute atomic E-state index is 0.0514. The second-order valence-electron chi connectivity index (χ2n) is 6.09. The van der Waals surface area contributed by atoms with Crippen molar-refractivity contribution >= 4 is 11.9 Å². The molecule has 1 aromatic rings. The fourth-order valence-corrected chi connectivity index (χ4v) is 2.66. The SMILES string of the molecule is CC(C)NC(=O)[C@H]1CCCN(C(=O)NCc2ccccc2)C1. The van der Waals surface area contributed by atoms with E-state index in [1.807, 2.05) is 44.2 Å². The molecule has 0 radical (unpaired) electrons. The first-order valence-corrected chi connectivity index (χ1v) is 7.93. The van der Waals surface area contributed by atoms with E-state index in [4.69, 9.17) is 0 Å². The highest BCUT2D eigenvalue weighted by Crippen LogP contribution is 2.17. The van der Waals surface area contributed by atoms with E-state index in [0.29, 0.717) is 19.6 Å². The lowest BCUT2D eigenvalue weighted by Crippen LogP contribution is -2.49. The second kappa shape index (κ2) is 7.82. The van der Waals surface area contributed by atoms with Gasteiger partial charge in [0.1, 0.15) is 0 Å². The van der Waals surface area contributed by atoms with E-state index in [1.165, 1.54) is 0 Å². The van der Waals surface area contributed by atoms with Gasteiger partial charge >= 0.3 is 6.03 Å². The summed E-state index contributed by atoms with van der Waals surface area (Å²) in [6, 6.07) is 9.86. The van der Waals surface area contributed by atoms with Crippen LogP contribution in [-0.4, -0.2) is 36.0 Å². The van der Waals surface area contributed by atoms with Gasteiger partial charge in [-0.05, 0) is 32.3 Å². The summed E-state index contributed by atoms with van der Waals surface area (Å²) in [5, 5.41) is 5.86. The van der Waals surface area contributed by atoms with Gasteiger partial charge in [0, 0.05) is 25.7 Å². The minimum Gasteiger partial charge on any atom is -0.354 e. The highest BCUT2D eigenvalue weighted by atomic mass is 16.2. The highest BCUT2D eigenvalue weighted by molar-refractivity contribution is 5.81. The molecule has 0 spiro atoms. The molecule has 1 aliphatic heterocycles. The topological polar surface area (TPSA) is 61.4 Å². The van der Waals surface area contributed by atoms with Crippen molar-refractivity contribution in [2.75, 3.05) is 13.1 Å². The first-order chi connectivity index (χ1) is 10.6. The van der Waals surface area contributed by atoms with Gasteiger partial charge in [0.25, 0.3) is 0 Å². The van der Waals surface area contributed by atoms with Crippen molar-refractivity contribution in [3.8, 4) is 0 Å². The maximum absolute atomic E-state index is 12.2. The summed E-state index contributed by atoms with van der Waals surface area (Å²) in [5.74, 6) is -0.0471. The second-order valence-corrected chi connectivity index (χ2v) is 6.09. The Morgan fingerprint density at radius 3 is 2.68 bits per heavy atom. The molecule has 0 bridgehead atoms. The van der Waals surface area contributed by atoms with E-state index in [0.717, 1.165) is 18.4 Å². The number of nitrogens with one attached hydrogen (secondary N) is 2. The molecule has 120 valence electrons. The predicted octanol–water partition coefficient (Wildman–Crippen LogP) is 2.13. The number of piperidine rings is 1. The zero-order chi connectivity index (χ0) is 15.9. The summed E-state index contributed by atoms with van der Waals surface area (Å²) >= 11 is 0. The third-order valence-corrected chi connectivity index (χ3v) is 3.80. The number of likely N-dealkylation sites (tertiary alicyclic amines) is 1. The van der Waals surface area contributed by atoms with Crippen molar-refractivity contribution in [2.24, 2.45) is 5.92 Å². The average molecular weight is 303 g/mol. The lowest BCUT2D eigenvalue weighted by molar-refractivity contribution is -0.126. The number of rotatable bonds is 4. The molecule has 3 amide bonds. The molecular weight excluding hydrogens is 278 g/mol. The van der Waals surface area contributed by atoms with Crippen LogP contribution in [0.5, 0.6) is 0 Å². The van der Waals surface area contributed by atoms with Crippen LogP contribution in [0.3, 0.4) is 0 Å². The molecule has 0 saturated carbocycles. The van der Waals surface area contributed by atoms with Crippen LogP contribution in [0.15, 0.2) is 30.3 Å². The molecule has 0 aliphatic carbocycles. The molecule has 1 heterocycles. The summed E-state index contributed by atoms with van der Waals surface area (Å²) in [5.41, 5.74) is 1.07. The van der Waals surface area contributed by atoms with Crippen LogP contribution in [0, 0.1) is 5.92 Å². The van der Waals surface area contributed by atoms with Crippen LogP contribution in [0.1, 0.15) is 32.3 Å². The molecule has 1 atom stereocenters. The zero-order valence-corrected chi connectivity index (χ0v) is 13.3. The lowest BCUT2D eigenvalue weighted by atomic mass is 9.97. The van der Waals surface area contributed by atoms with Crippen molar-refractivity contribution < 1.29 is 9.59 Å². The van der Waals surface area contributed by atoms with Gasteiger partial charge in [0.15, 0.2) is 0 Å². The van der Waals surface area contributed by atoms with Gasteiger partial charge in [-0.15, -0.1) is 0 Å². The van der Waals surface area contributed by atoms with Crippen molar-refractivity contribution in [1.29, 1.82) is 0 Å². The van der Waals surface area contributed by atoms with E-state index in [2.05, 4.69) is 10.6 Å². The summed E-state index contributed by atoms with van der Waals surface area (Å²) in [4.78, 5) is 26.1. The van der Waals surface area contributed by atoms with Gasteiger partial charge in [-0.1, -0.05) is 30.3 Å². The highest BCUT2D eigenvalue weighted by Gasteiger charge is 2.28. The van der Waals surface area contributed by atoms with Crippen LogP contribution in [0.2, 0.25) is 0 Å². The van der Waals surface area contributed by atoms with E-state index >= 15 is 0 Å². The van der Waals surface area contributed by atoms with Crippen LogP contribution in [0.25, 0.3) is 0 Å². The Kier molecular flexibility index (Phi) is 5.81. The van der Waals surface area contributed by atoms with Crippen molar-refractivity contribution in [2.45, 2.75) is 39.3 Å². The van der Waals surface area contributed by atoms with E-state index in [9.17, 15) is 9.59 Å². The molecule has 1 fully saturated rings. The average Bonchev–Trinajstić information content (AvgIpc) is 2.53. The number of urea groups is 1. The summed E-state index contributed by atoms with van der Waals surface area (Å²) in [6.45, 7) is 5.63. The number of benzene rings is 1. The molecule has 2 rings (SSSR count). The molecule has 1 aromatic carbocycles. The van der Waals surface area contributed by atoms with Gasteiger partial charge in [0.2, 0.25) is 5.91 Å². The summed E-state index contributed by atoms with van der Waals surface area (Å²) in [6.07, 6.45) is 1.72. The quantitative estimate of drug-likeness (QED) is 0.895. The number of nitrogens with zero attached hydrogens (tertiary/aromatic N) is 1. The predicted molar refractivity (Wildman–Crippen MR) is 86.3 cm³/mol. The number of hydrogen-bond donors (Lipinski definition) is 2. The number of carbonyl (C=O) groups is 2. The molecule has 1 aliphatic rings. The maximum Gasteiger partial charge on any atom is 0.317 e. The van der Waals surface area contributed by atoms with Crippen molar-refractivity contribution in [1.82, 2.24) is 15.5 Å². The molecule has 22 heavy (non-hydrogen) atoms. The third kappa shape index (κ3) is 4.76. The van der Waals surface area contributed by atoms with Crippen molar-refractivity contribution in [3.63, 3.8) is 0 Å². The standard InChI is InChI=1S/C17H25N3O2/c1-13(2)19-16(21)15-9-6-10-20(12-15)17(22)18-11-14-7-4-3-5-8-14/h3-5,7-8,13,15H,6,9-12H2,1-2H3,(H,18,22)(H,19,21)/t15-/m0/s1. The molecule has 0 aromatic heterocycles. The smallest absolute Gasteiger partial charge is 0.317 e. The lowest BCUT2D eigenvalue weighted by Gasteiger charge is -2.32. The first kappa shape index (κ1) is 16.3. The maximum atomic E-state index is 12.2. The normalized spacial score (nSPS) is 18.1. The molecule has 2 N–H and O–H groups in total. The van der Waals surface area contributed by atoms with E-state index < -0.39 is 0 Å². The number of carbonyl (C=O) groups excluding carboxylic acids is 2. The van der Waals surface area contributed by atoms with Gasteiger partial charge in [0.05, 0.1) is 5.92 Å². The van der Waals surface area contributed by atoms with Crippen molar-refractivity contribution in [3.05, 3.63) is 35.9 Å². The van der Waals surface area contributed by atoms with Crippen LogP contribution >= 0.6 is 0 Å². The van der Waals surface area contributed by atoms with E-state index in [-0.39, 0.29) is 23.9 Å². The van der Waals surface area contributed by atoms with Crippen LogP contribution in [-0.2, 0) is 11.3 Å². The molecule has 5 nitrogen and oxygen atoms in total. The first-order valence-electron chi connectivity index (χ1n) is 7.93. The summed E-state index contributed by atoms with van der Waals surface area (Å²) in [7, 11) is 0. The zero-order valence-electron chi connectivity index (χ0n) is 13.3. The molecule has 5 heteroatoms. The van der Waals surface area contributed by atoms with Gasteiger partial charge in [-0.25, -0.2) is 4.79 Å². The largest absolute Gasteiger partial charge is 0.354 e. The Labute approximate surface area is 132 Å². The fourth-order valence-electron chi connectivity index (χ4n) is 2.66. The monoisotopic (exact) mass is 303 g/mol. The Bertz CT molecular complexity index is 502. The Morgan fingerprint density at radius 1 is 1.27 bits per heavy atom. The Morgan fingerprint density at radius 2 is 2.00 bits per heavy atom. The van der Waals surface area contributed by atoms with Gasteiger partial charge < -0.3 is 15.5 Å². The van der Waals surface area contributed by atoms with Crippen LogP contribution in [0.4, 0.5) is 4.79 Å². The molecule has 0 unspecified atom stereocenters. The van der Waals surface area contributed by atoms with E-state index in [1.54, 1.807) is 4.90 Å². The van der Waals surface area contributed by atoms with Gasteiger partial charge in [-0.3, -0.25) is 4.79 Å². The number of amides is 3. The molecule has 1 saturated heterocycles. The summed E-state index contributed by atoms with van der Waals surface area (Å²) < 4.78 is 0. The Hall–Kier alpha value is -2.04. The fraction of sp³-hybridized carbons (Fsp3) is 0.529. The van der Waals surface area contributed by atoms with Gasteiger partial charge in [-0.2, -0.15) is 0 Å². The Balaban J connectivity index is 1.83. The number of hydrogen-bond acceptors (Lipinski definition) is 2. The molecular formula is C17H25N3O2. The third-order valence-electron chi connectivity index (χ3n) is 3.80.